The number of pyridine rings is 1. The molecule has 1 N–H and O–H groups in total. The summed E-state index contributed by atoms with van der Waals surface area (Å²) in [6.07, 6.45) is 5.84. The fraction of sp³-hybridized carbons (Fsp3) is 0.333. The zero-order valence-electron chi connectivity index (χ0n) is 9.17. The van der Waals surface area contributed by atoms with Crippen LogP contribution in [-0.4, -0.2) is 19.9 Å². The quantitative estimate of drug-likeness (QED) is 0.945. The Bertz CT molecular complexity index is 531. The average molecular weight is 294 g/mol. The van der Waals surface area contributed by atoms with Gasteiger partial charge in [0.2, 0.25) is 0 Å². The summed E-state index contributed by atoms with van der Waals surface area (Å²) in [5, 5.41) is 13.6. The van der Waals surface area contributed by atoms with Crippen molar-refractivity contribution in [1.82, 2.24) is 14.8 Å². The van der Waals surface area contributed by atoms with Crippen LogP contribution in [0, 0.1) is 0 Å². The summed E-state index contributed by atoms with van der Waals surface area (Å²) < 4.78 is 2.79. The average Bonchev–Trinajstić information content (AvgIpc) is 3.10. The van der Waals surface area contributed by atoms with Crippen molar-refractivity contribution in [3.05, 3.63) is 40.3 Å². The number of hydrogen-bond acceptors (Lipinski definition) is 3. The van der Waals surface area contributed by atoms with E-state index in [0.717, 1.165) is 21.5 Å². The molecule has 0 bridgehead atoms. The summed E-state index contributed by atoms with van der Waals surface area (Å²) in [7, 11) is 0. The molecular weight excluding hydrogens is 282 g/mol. The zero-order chi connectivity index (χ0) is 11.8. The van der Waals surface area contributed by atoms with E-state index in [2.05, 4.69) is 26.0 Å². The van der Waals surface area contributed by atoms with E-state index in [0.29, 0.717) is 5.92 Å². The molecule has 0 spiro atoms. The second-order valence-electron chi connectivity index (χ2n) is 4.23. The van der Waals surface area contributed by atoms with Crippen molar-refractivity contribution >= 4 is 15.9 Å². The highest BCUT2D eigenvalue weighted by Gasteiger charge is 2.30. The molecule has 17 heavy (non-hydrogen) atoms. The van der Waals surface area contributed by atoms with Crippen LogP contribution in [0.1, 0.15) is 30.0 Å². The molecule has 0 aromatic carbocycles. The second kappa shape index (κ2) is 4.23. The number of aromatic nitrogens is 3. The molecule has 1 aliphatic rings. The van der Waals surface area contributed by atoms with Gasteiger partial charge in [-0.15, -0.1) is 0 Å². The lowest BCUT2D eigenvalue weighted by molar-refractivity contribution is 0.280. The highest BCUT2D eigenvalue weighted by Crippen LogP contribution is 2.42. The molecule has 2 aromatic rings. The topological polar surface area (TPSA) is 50.9 Å². The minimum absolute atomic E-state index is 0.0440. The van der Waals surface area contributed by atoms with Crippen LogP contribution >= 0.6 is 15.9 Å². The normalized spacial score (nSPS) is 15.2. The van der Waals surface area contributed by atoms with Gasteiger partial charge in [0.15, 0.2) is 5.82 Å². The largest absolute Gasteiger partial charge is 0.392 e. The fourth-order valence-electron chi connectivity index (χ4n) is 1.98. The summed E-state index contributed by atoms with van der Waals surface area (Å²) in [5.41, 5.74) is 2.03. The smallest absolute Gasteiger partial charge is 0.153 e. The lowest BCUT2D eigenvalue weighted by atomic mass is 10.2. The summed E-state index contributed by atoms with van der Waals surface area (Å²) in [4.78, 5) is 4.34. The standard InChI is InChI=1S/C12H12BrN3O/c13-10-3-4-11(14-6-10)16-12(8-1-2-8)9(7-17)5-15-16/h3-6,8,17H,1-2,7H2. The Labute approximate surface area is 107 Å². The molecule has 0 aliphatic heterocycles. The number of aliphatic hydroxyl groups excluding tert-OH is 1. The lowest BCUT2D eigenvalue weighted by Gasteiger charge is -2.07. The molecule has 1 saturated carbocycles. The Balaban J connectivity index is 2.07. The Kier molecular flexibility index (Phi) is 2.72. The van der Waals surface area contributed by atoms with E-state index in [1.54, 1.807) is 12.4 Å². The van der Waals surface area contributed by atoms with E-state index in [-0.39, 0.29) is 6.61 Å². The summed E-state index contributed by atoms with van der Waals surface area (Å²) in [5.74, 6) is 1.33. The van der Waals surface area contributed by atoms with Crippen LogP contribution in [0.25, 0.3) is 5.82 Å². The second-order valence-corrected chi connectivity index (χ2v) is 5.15. The van der Waals surface area contributed by atoms with Crippen LogP contribution in [0.3, 0.4) is 0 Å². The van der Waals surface area contributed by atoms with Crippen molar-refractivity contribution in [2.75, 3.05) is 0 Å². The predicted molar refractivity (Wildman–Crippen MR) is 67.0 cm³/mol. The molecule has 88 valence electrons. The van der Waals surface area contributed by atoms with Crippen LogP contribution in [0.4, 0.5) is 0 Å². The van der Waals surface area contributed by atoms with Gasteiger partial charge in [-0.3, -0.25) is 0 Å². The summed E-state index contributed by atoms with van der Waals surface area (Å²) in [6, 6.07) is 3.86. The summed E-state index contributed by atoms with van der Waals surface area (Å²) >= 11 is 3.36. The number of rotatable bonds is 3. The first-order valence-electron chi connectivity index (χ1n) is 5.59. The van der Waals surface area contributed by atoms with Crippen molar-refractivity contribution in [2.45, 2.75) is 25.4 Å². The summed E-state index contributed by atoms with van der Waals surface area (Å²) in [6.45, 7) is 0.0440. The van der Waals surface area contributed by atoms with Crippen molar-refractivity contribution < 1.29 is 5.11 Å². The monoisotopic (exact) mass is 293 g/mol. The van der Waals surface area contributed by atoms with Crippen LogP contribution in [0.15, 0.2) is 29.0 Å². The molecule has 0 atom stereocenters. The third-order valence-electron chi connectivity index (χ3n) is 2.95. The first-order chi connectivity index (χ1) is 8.29. The molecule has 2 heterocycles. The van der Waals surface area contributed by atoms with Gasteiger partial charge < -0.3 is 5.11 Å². The van der Waals surface area contributed by atoms with E-state index >= 15 is 0 Å². The maximum Gasteiger partial charge on any atom is 0.153 e. The first-order valence-corrected chi connectivity index (χ1v) is 6.38. The molecule has 2 aromatic heterocycles. The van der Waals surface area contributed by atoms with E-state index < -0.39 is 0 Å². The van der Waals surface area contributed by atoms with Gasteiger partial charge in [-0.05, 0) is 40.9 Å². The molecule has 0 radical (unpaired) electrons. The van der Waals surface area contributed by atoms with Gasteiger partial charge in [0.05, 0.1) is 18.5 Å². The van der Waals surface area contributed by atoms with Crippen LogP contribution in [0.5, 0.6) is 0 Å². The molecule has 4 nitrogen and oxygen atoms in total. The van der Waals surface area contributed by atoms with E-state index in [1.807, 2.05) is 16.8 Å². The highest BCUT2D eigenvalue weighted by molar-refractivity contribution is 9.10. The molecular formula is C12H12BrN3O. The zero-order valence-corrected chi connectivity index (χ0v) is 10.8. The molecule has 5 heteroatoms. The number of hydrogen-bond donors (Lipinski definition) is 1. The van der Waals surface area contributed by atoms with Gasteiger partial charge in [0.25, 0.3) is 0 Å². The SMILES string of the molecule is OCc1cnn(-c2ccc(Br)cn2)c1C1CC1. The van der Waals surface area contributed by atoms with Gasteiger partial charge in [-0.2, -0.15) is 5.10 Å². The van der Waals surface area contributed by atoms with Crippen LogP contribution in [-0.2, 0) is 6.61 Å². The number of nitrogens with zero attached hydrogens (tertiary/aromatic N) is 3. The van der Waals surface area contributed by atoms with Gasteiger partial charge in [-0.1, -0.05) is 0 Å². The number of aliphatic hydroxyl groups is 1. The molecule has 1 fully saturated rings. The molecule has 1 aliphatic carbocycles. The van der Waals surface area contributed by atoms with Gasteiger partial charge in [-0.25, -0.2) is 9.67 Å². The minimum atomic E-state index is 0.0440. The number of halogens is 1. The van der Waals surface area contributed by atoms with Crippen molar-refractivity contribution in [2.24, 2.45) is 0 Å². The fourth-order valence-corrected chi connectivity index (χ4v) is 2.22. The lowest BCUT2D eigenvalue weighted by Crippen LogP contribution is -2.04. The van der Waals surface area contributed by atoms with E-state index in [1.165, 1.54) is 12.8 Å². The third kappa shape index (κ3) is 2.00. The predicted octanol–water partition coefficient (Wildman–Crippen LogP) is 2.40. The Hall–Kier alpha value is -1.20. The maximum absolute atomic E-state index is 9.32. The first kappa shape index (κ1) is 10.9. The Morgan fingerprint density at radius 2 is 2.18 bits per heavy atom. The van der Waals surface area contributed by atoms with Crippen molar-refractivity contribution in [1.29, 1.82) is 0 Å². The third-order valence-corrected chi connectivity index (χ3v) is 3.42. The van der Waals surface area contributed by atoms with E-state index in [4.69, 9.17) is 0 Å². The maximum atomic E-state index is 9.32. The van der Waals surface area contributed by atoms with Crippen molar-refractivity contribution in [3.63, 3.8) is 0 Å². The van der Waals surface area contributed by atoms with Crippen LogP contribution in [0.2, 0.25) is 0 Å². The van der Waals surface area contributed by atoms with E-state index in [9.17, 15) is 5.11 Å². The Morgan fingerprint density at radius 3 is 2.76 bits per heavy atom. The highest BCUT2D eigenvalue weighted by atomic mass is 79.9. The minimum Gasteiger partial charge on any atom is -0.392 e. The van der Waals surface area contributed by atoms with Gasteiger partial charge in [0, 0.05) is 22.2 Å². The molecule has 0 unspecified atom stereocenters. The molecule has 0 saturated heterocycles. The Morgan fingerprint density at radius 1 is 1.35 bits per heavy atom. The molecule has 3 rings (SSSR count). The van der Waals surface area contributed by atoms with Gasteiger partial charge >= 0.3 is 0 Å². The van der Waals surface area contributed by atoms with Crippen molar-refractivity contribution in [3.8, 4) is 5.82 Å². The van der Waals surface area contributed by atoms with Crippen LogP contribution < -0.4 is 0 Å². The molecule has 0 amide bonds. The van der Waals surface area contributed by atoms with Gasteiger partial charge in [0.1, 0.15) is 0 Å².